The van der Waals surface area contributed by atoms with Crippen LogP contribution < -0.4 is 10.7 Å². The van der Waals surface area contributed by atoms with Crippen molar-refractivity contribution in [2.45, 2.75) is 6.54 Å². The second-order valence-electron chi connectivity index (χ2n) is 4.39. The summed E-state index contributed by atoms with van der Waals surface area (Å²) in [4.78, 5) is 10.2. The molecule has 0 spiro atoms. The number of nitro groups is 1. The van der Waals surface area contributed by atoms with Gasteiger partial charge in [-0.15, -0.1) is 0 Å². The smallest absolute Gasteiger partial charge is 0.270 e. The van der Waals surface area contributed by atoms with E-state index in [2.05, 4.69) is 15.8 Å². The topological polar surface area (TPSA) is 79.6 Å². The Kier molecular flexibility index (Phi) is 5.56. The second-order valence-corrected chi connectivity index (χ2v) is 4.80. The molecular weight excluding hydrogens is 300 g/mol. The molecule has 0 unspecified atom stereocenters. The fourth-order valence-electron chi connectivity index (χ4n) is 1.70. The number of hydrazone groups is 1. The van der Waals surface area contributed by atoms with E-state index in [-0.39, 0.29) is 5.69 Å². The molecule has 0 aliphatic rings. The molecule has 0 heterocycles. The number of nitrogens with one attached hydrogen (secondary N) is 2. The molecule has 2 aromatic carbocycles. The second kappa shape index (κ2) is 7.84. The number of nitro benzene ring substituents is 1. The van der Waals surface area contributed by atoms with Crippen LogP contribution in [0.5, 0.6) is 0 Å². The van der Waals surface area contributed by atoms with Gasteiger partial charge >= 0.3 is 0 Å². The van der Waals surface area contributed by atoms with Gasteiger partial charge in [0.1, 0.15) is 0 Å². The summed E-state index contributed by atoms with van der Waals surface area (Å²) in [5.74, 6) is 0. The lowest BCUT2D eigenvalue weighted by molar-refractivity contribution is -0.384. The monoisotopic (exact) mass is 314 g/mol. The van der Waals surface area contributed by atoms with Gasteiger partial charge in [-0.2, -0.15) is 5.10 Å². The summed E-state index contributed by atoms with van der Waals surface area (Å²) >= 11 is 5.09. The minimum absolute atomic E-state index is 0.0220. The van der Waals surface area contributed by atoms with E-state index < -0.39 is 4.92 Å². The molecule has 0 saturated carbocycles. The van der Waals surface area contributed by atoms with Crippen molar-refractivity contribution in [3.8, 4) is 0 Å². The fourth-order valence-corrected chi connectivity index (χ4v) is 1.83. The molecular formula is C15H14N4O2S. The number of nitrogens with zero attached hydrogens (tertiary/aromatic N) is 2. The van der Waals surface area contributed by atoms with Crippen LogP contribution >= 0.6 is 12.2 Å². The van der Waals surface area contributed by atoms with E-state index in [1.807, 2.05) is 30.3 Å². The molecule has 0 bridgehead atoms. The highest BCUT2D eigenvalue weighted by molar-refractivity contribution is 7.80. The minimum Gasteiger partial charge on any atom is -0.357 e. The van der Waals surface area contributed by atoms with Crippen molar-refractivity contribution in [2.24, 2.45) is 5.10 Å². The van der Waals surface area contributed by atoms with Gasteiger partial charge in [-0.05, 0) is 17.8 Å². The highest BCUT2D eigenvalue weighted by Crippen LogP contribution is 2.11. The van der Waals surface area contributed by atoms with Crippen LogP contribution in [-0.2, 0) is 6.54 Å². The maximum absolute atomic E-state index is 10.7. The Morgan fingerprint density at radius 3 is 2.73 bits per heavy atom. The first-order valence-electron chi connectivity index (χ1n) is 6.50. The van der Waals surface area contributed by atoms with Gasteiger partial charge in [-0.1, -0.05) is 42.5 Å². The summed E-state index contributed by atoms with van der Waals surface area (Å²) in [5.41, 5.74) is 4.42. The average molecular weight is 314 g/mol. The van der Waals surface area contributed by atoms with Crippen LogP contribution in [0, 0.1) is 10.1 Å². The number of hydrogen-bond donors (Lipinski definition) is 2. The van der Waals surface area contributed by atoms with Crippen molar-refractivity contribution >= 4 is 29.2 Å². The standard InChI is InChI=1S/C15H14N4O2S/c20-19(21)14-8-4-7-13(9-14)11-17-18-15(22)16-10-12-5-2-1-3-6-12/h1-9,11H,10H2,(H2,16,18,22)/b17-11-. The zero-order chi connectivity index (χ0) is 15.8. The predicted octanol–water partition coefficient (Wildman–Crippen LogP) is 2.59. The number of thiocarbonyl (C=S) groups is 1. The first kappa shape index (κ1) is 15.6. The number of rotatable bonds is 5. The van der Waals surface area contributed by atoms with Crippen LogP contribution in [0.15, 0.2) is 59.7 Å². The molecule has 2 N–H and O–H groups in total. The number of non-ortho nitro benzene ring substituents is 1. The molecule has 0 amide bonds. The van der Waals surface area contributed by atoms with Crippen LogP contribution in [0.1, 0.15) is 11.1 Å². The lowest BCUT2D eigenvalue weighted by atomic mass is 10.2. The predicted molar refractivity (Wildman–Crippen MR) is 89.7 cm³/mol. The Morgan fingerprint density at radius 1 is 1.23 bits per heavy atom. The van der Waals surface area contributed by atoms with Crippen LogP contribution in [0.2, 0.25) is 0 Å². The molecule has 22 heavy (non-hydrogen) atoms. The average Bonchev–Trinajstić information content (AvgIpc) is 2.54. The highest BCUT2D eigenvalue weighted by atomic mass is 32.1. The third kappa shape index (κ3) is 4.95. The number of hydrogen-bond acceptors (Lipinski definition) is 4. The Hall–Kier alpha value is -2.80. The molecule has 0 radical (unpaired) electrons. The van der Waals surface area contributed by atoms with Gasteiger partial charge in [-0.25, -0.2) is 0 Å². The van der Waals surface area contributed by atoms with E-state index in [1.165, 1.54) is 18.3 Å². The summed E-state index contributed by atoms with van der Waals surface area (Å²) in [6.45, 7) is 0.596. The van der Waals surface area contributed by atoms with Gasteiger partial charge in [0, 0.05) is 24.2 Å². The minimum atomic E-state index is -0.448. The maximum Gasteiger partial charge on any atom is 0.270 e. The Morgan fingerprint density at radius 2 is 2.00 bits per heavy atom. The lowest BCUT2D eigenvalue weighted by Crippen LogP contribution is -2.31. The molecule has 112 valence electrons. The molecule has 2 rings (SSSR count). The van der Waals surface area contributed by atoms with Gasteiger partial charge in [0.2, 0.25) is 0 Å². The summed E-state index contributed by atoms with van der Waals surface area (Å²) in [7, 11) is 0. The van der Waals surface area contributed by atoms with Crippen molar-refractivity contribution in [1.29, 1.82) is 0 Å². The molecule has 6 nitrogen and oxygen atoms in total. The molecule has 0 aliphatic carbocycles. The van der Waals surface area contributed by atoms with Crippen molar-refractivity contribution in [3.05, 3.63) is 75.8 Å². The first-order valence-corrected chi connectivity index (χ1v) is 6.91. The molecule has 0 saturated heterocycles. The summed E-state index contributed by atoms with van der Waals surface area (Å²) < 4.78 is 0. The van der Waals surface area contributed by atoms with E-state index >= 15 is 0 Å². The van der Waals surface area contributed by atoms with Gasteiger partial charge in [0.05, 0.1) is 11.1 Å². The van der Waals surface area contributed by atoms with E-state index in [0.29, 0.717) is 17.2 Å². The summed E-state index contributed by atoms with van der Waals surface area (Å²) in [5, 5.41) is 18.0. The number of benzene rings is 2. The van der Waals surface area contributed by atoms with Gasteiger partial charge in [0.15, 0.2) is 5.11 Å². The summed E-state index contributed by atoms with van der Waals surface area (Å²) in [6, 6.07) is 16.0. The van der Waals surface area contributed by atoms with E-state index in [1.54, 1.807) is 12.1 Å². The Balaban J connectivity index is 1.83. The Bertz CT molecular complexity index is 689. The van der Waals surface area contributed by atoms with E-state index in [4.69, 9.17) is 12.2 Å². The largest absolute Gasteiger partial charge is 0.357 e. The summed E-state index contributed by atoms with van der Waals surface area (Å²) in [6.07, 6.45) is 1.48. The fraction of sp³-hybridized carbons (Fsp3) is 0.0667. The van der Waals surface area contributed by atoms with E-state index in [9.17, 15) is 10.1 Å². The van der Waals surface area contributed by atoms with Crippen molar-refractivity contribution in [2.75, 3.05) is 0 Å². The van der Waals surface area contributed by atoms with Gasteiger partial charge in [0.25, 0.3) is 5.69 Å². The van der Waals surface area contributed by atoms with Crippen LogP contribution in [0.3, 0.4) is 0 Å². The lowest BCUT2D eigenvalue weighted by Gasteiger charge is -2.06. The van der Waals surface area contributed by atoms with Crippen LogP contribution in [-0.4, -0.2) is 16.3 Å². The van der Waals surface area contributed by atoms with Crippen LogP contribution in [0.25, 0.3) is 0 Å². The van der Waals surface area contributed by atoms with Crippen molar-refractivity contribution < 1.29 is 4.92 Å². The quantitative estimate of drug-likeness (QED) is 0.384. The zero-order valence-electron chi connectivity index (χ0n) is 11.6. The molecule has 0 aromatic heterocycles. The first-order chi connectivity index (χ1) is 10.6. The third-order valence-corrected chi connectivity index (χ3v) is 2.99. The zero-order valence-corrected chi connectivity index (χ0v) is 12.4. The van der Waals surface area contributed by atoms with Crippen LogP contribution in [0.4, 0.5) is 5.69 Å². The van der Waals surface area contributed by atoms with Gasteiger partial charge < -0.3 is 5.32 Å². The molecule has 7 heteroatoms. The normalized spacial score (nSPS) is 10.4. The molecule has 2 aromatic rings. The van der Waals surface area contributed by atoms with E-state index in [0.717, 1.165) is 5.56 Å². The van der Waals surface area contributed by atoms with Crippen molar-refractivity contribution in [1.82, 2.24) is 10.7 Å². The van der Waals surface area contributed by atoms with Gasteiger partial charge in [-0.3, -0.25) is 15.5 Å². The maximum atomic E-state index is 10.7. The third-order valence-electron chi connectivity index (χ3n) is 2.76. The highest BCUT2D eigenvalue weighted by Gasteiger charge is 2.03. The Labute approximate surface area is 133 Å². The van der Waals surface area contributed by atoms with Crippen molar-refractivity contribution in [3.63, 3.8) is 0 Å². The molecule has 0 fully saturated rings. The molecule has 0 aliphatic heterocycles. The SMILES string of the molecule is O=[N+]([O-])c1cccc(/C=N\NC(=S)NCc2ccccc2)c1. The molecule has 0 atom stereocenters.